The minimum absolute atomic E-state index is 0.499. The lowest BCUT2D eigenvalue weighted by Crippen LogP contribution is -2.88. The number of quaternary nitrogens is 1. The molecule has 0 spiro atoms. The lowest BCUT2D eigenvalue weighted by molar-refractivity contribution is -0.702. The molecule has 0 bridgehead atoms. The fourth-order valence-corrected chi connectivity index (χ4v) is 2.13. The lowest BCUT2D eigenvalue weighted by Gasteiger charge is -2.11. The maximum atomic E-state index is 5.15. The van der Waals surface area contributed by atoms with Crippen LogP contribution >= 0.6 is 0 Å². The van der Waals surface area contributed by atoms with Gasteiger partial charge in [0.25, 0.3) is 0 Å². The molecule has 2 heteroatoms. The van der Waals surface area contributed by atoms with Crippen LogP contribution < -0.4 is 5.32 Å². The zero-order valence-corrected chi connectivity index (χ0v) is 10.5. The van der Waals surface area contributed by atoms with Crippen molar-refractivity contribution in [3.63, 3.8) is 0 Å². The molecule has 2 N–H and O–H groups in total. The van der Waals surface area contributed by atoms with Crippen molar-refractivity contribution in [1.29, 1.82) is 0 Å². The highest BCUT2D eigenvalue weighted by molar-refractivity contribution is 5.85. The summed E-state index contributed by atoms with van der Waals surface area (Å²) in [6.07, 6.45) is 0. The van der Waals surface area contributed by atoms with Gasteiger partial charge in [-0.3, -0.25) is 0 Å². The average molecular weight is 230 g/mol. The molecular weight excluding hydrogens is 210 g/mol. The van der Waals surface area contributed by atoms with Crippen molar-refractivity contribution in [2.45, 2.75) is 19.5 Å². The highest BCUT2D eigenvalue weighted by Gasteiger charge is 2.06. The molecule has 0 saturated carbocycles. The molecule has 0 aliphatic rings. The molecule has 2 aromatic rings. The number of ether oxygens (including phenoxy) is 1. The van der Waals surface area contributed by atoms with Gasteiger partial charge in [-0.05, 0) is 17.7 Å². The molecule has 17 heavy (non-hydrogen) atoms. The van der Waals surface area contributed by atoms with E-state index in [2.05, 4.69) is 54.7 Å². The number of methoxy groups -OCH3 is 1. The maximum absolute atomic E-state index is 5.15. The summed E-state index contributed by atoms with van der Waals surface area (Å²) in [4.78, 5) is 0. The van der Waals surface area contributed by atoms with Gasteiger partial charge in [-0.15, -0.1) is 0 Å². The third kappa shape index (κ3) is 3.05. The molecule has 0 aromatic heterocycles. The standard InChI is InChI=1S/C15H19NO/c1-12(11-17-2)16-10-14-8-5-7-13-6-3-4-9-15(13)14/h3-9,12,16H,10-11H2,1-2H3/p+1/t12-/m1/s1. The largest absolute Gasteiger partial charge is 0.379 e. The van der Waals surface area contributed by atoms with Crippen LogP contribution in [-0.2, 0) is 11.3 Å². The third-order valence-electron chi connectivity index (χ3n) is 3.05. The Labute approximate surface area is 103 Å². The Kier molecular flexibility index (Phi) is 4.13. The van der Waals surface area contributed by atoms with Crippen LogP contribution in [0.25, 0.3) is 10.8 Å². The summed E-state index contributed by atoms with van der Waals surface area (Å²) >= 11 is 0. The van der Waals surface area contributed by atoms with Crippen molar-refractivity contribution in [3.8, 4) is 0 Å². The first kappa shape index (κ1) is 12.1. The predicted molar refractivity (Wildman–Crippen MR) is 70.9 cm³/mol. The second kappa shape index (κ2) is 5.80. The minimum Gasteiger partial charge on any atom is -0.379 e. The molecule has 0 radical (unpaired) electrons. The van der Waals surface area contributed by atoms with Crippen LogP contribution in [0.2, 0.25) is 0 Å². The van der Waals surface area contributed by atoms with Crippen LogP contribution in [0.1, 0.15) is 12.5 Å². The second-order valence-electron chi connectivity index (χ2n) is 4.51. The first-order chi connectivity index (χ1) is 8.31. The van der Waals surface area contributed by atoms with Crippen LogP contribution in [0, 0.1) is 0 Å². The van der Waals surface area contributed by atoms with E-state index >= 15 is 0 Å². The molecule has 2 rings (SSSR count). The smallest absolute Gasteiger partial charge is 0.107 e. The van der Waals surface area contributed by atoms with E-state index in [4.69, 9.17) is 4.74 Å². The molecule has 90 valence electrons. The van der Waals surface area contributed by atoms with Crippen molar-refractivity contribution in [3.05, 3.63) is 48.0 Å². The molecule has 0 aliphatic carbocycles. The third-order valence-corrected chi connectivity index (χ3v) is 3.05. The summed E-state index contributed by atoms with van der Waals surface area (Å²) in [5, 5.41) is 5.00. The van der Waals surface area contributed by atoms with Gasteiger partial charge in [0.2, 0.25) is 0 Å². The Morgan fingerprint density at radius 3 is 2.71 bits per heavy atom. The number of fused-ring (bicyclic) bond motifs is 1. The number of rotatable bonds is 5. The van der Waals surface area contributed by atoms with Crippen molar-refractivity contribution < 1.29 is 10.1 Å². The van der Waals surface area contributed by atoms with Gasteiger partial charge in [0.1, 0.15) is 12.6 Å². The van der Waals surface area contributed by atoms with Crippen molar-refractivity contribution >= 4 is 10.8 Å². The van der Waals surface area contributed by atoms with E-state index in [1.54, 1.807) is 7.11 Å². The molecule has 0 fully saturated rings. The van der Waals surface area contributed by atoms with E-state index in [9.17, 15) is 0 Å². The quantitative estimate of drug-likeness (QED) is 0.834. The van der Waals surface area contributed by atoms with E-state index in [0.29, 0.717) is 6.04 Å². The lowest BCUT2D eigenvalue weighted by atomic mass is 10.0. The molecule has 0 saturated heterocycles. The van der Waals surface area contributed by atoms with Gasteiger partial charge in [0, 0.05) is 12.7 Å². The Hall–Kier alpha value is -1.38. The molecule has 0 unspecified atom stereocenters. The normalized spacial score (nSPS) is 12.8. The summed E-state index contributed by atoms with van der Waals surface area (Å²) in [5.41, 5.74) is 1.39. The van der Waals surface area contributed by atoms with Crippen LogP contribution in [0.4, 0.5) is 0 Å². The van der Waals surface area contributed by atoms with E-state index in [0.717, 1.165) is 13.2 Å². The van der Waals surface area contributed by atoms with Gasteiger partial charge in [-0.1, -0.05) is 42.5 Å². The highest BCUT2D eigenvalue weighted by Crippen LogP contribution is 2.17. The van der Waals surface area contributed by atoms with E-state index < -0.39 is 0 Å². The Balaban J connectivity index is 2.13. The van der Waals surface area contributed by atoms with Crippen molar-refractivity contribution in [2.75, 3.05) is 13.7 Å². The van der Waals surface area contributed by atoms with E-state index in [1.165, 1.54) is 16.3 Å². The number of hydrogen-bond donors (Lipinski definition) is 1. The fourth-order valence-electron chi connectivity index (χ4n) is 2.13. The fraction of sp³-hybridized carbons (Fsp3) is 0.333. The zero-order valence-electron chi connectivity index (χ0n) is 10.5. The van der Waals surface area contributed by atoms with Crippen molar-refractivity contribution in [1.82, 2.24) is 0 Å². The van der Waals surface area contributed by atoms with Crippen LogP contribution in [0.5, 0.6) is 0 Å². The van der Waals surface area contributed by atoms with E-state index in [-0.39, 0.29) is 0 Å². The molecule has 2 nitrogen and oxygen atoms in total. The summed E-state index contributed by atoms with van der Waals surface area (Å²) in [5.74, 6) is 0. The molecular formula is C15H20NO+. The van der Waals surface area contributed by atoms with Gasteiger partial charge < -0.3 is 10.1 Å². The molecule has 1 atom stereocenters. The van der Waals surface area contributed by atoms with Gasteiger partial charge in [-0.25, -0.2) is 0 Å². The predicted octanol–water partition coefficient (Wildman–Crippen LogP) is 1.94. The van der Waals surface area contributed by atoms with E-state index in [1.807, 2.05) is 0 Å². The number of benzene rings is 2. The topological polar surface area (TPSA) is 25.8 Å². The highest BCUT2D eigenvalue weighted by atomic mass is 16.5. The Morgan fingerprint density at radius 1 is 1.12 bits per heavy atom. The van der Waals surface area contributed by atoms with Gasteiger partial charge in [0.15, 0.2) is 0 Å². The summed E-state index contributed by atoms with van der Waals surface area (Å²) in [6, 6.07) is 15.5. The first-order valence-corrected chi connectivity index (χ1v) is 6.10. The summed E-state index contributed by atoms with van der Waals surface area (Å²) in [7, 11) is 1.75. The first-order valence-electron chi connectivity index (χ1n) is 6.10. The summed E-state index contributed by atoms with van der Waals surface area (Å²) in [6.45, 7) is 3.99. The Morgan fingerprint density at radius 2 is 1.88 bits per heavy atom. The maximum Gasteiger partial charge on any atom is 0.107 e. The average Bonchev–Trinajstić information content (AvgIpc) is 2.36. The summed E-state index contributed by atoms with van der Waals surface area (Å²) < 4.78 is 5.15. The van der Waals surface area contributed by atoms with Crippen LogP contribution in [0.15, 0.2) is 42.5 Å². The van der Waals surface area contributed by atoms with Crippen molar-refractivity contribution in [2.24, 2.45) is 0 Å². The number of nitrogens with two attached hydrogens (primary N) is 1. The molecule has 0 aliphatic heterocycles. The monoisotopic (exact) mass is 230 g/mol. The van der Waals surface area contributed by atoms with Gasteiger partial charge in [0.05, 0.1) is 6.61 Å². The van der Waals surface area contributed by atoms with Gasteiger partial charge in [-0.2, -0.15) is 0 Å². The minimum atomic E-state index is 0.499. The van der Waals surface area contributed by atoms with Gasteiger partial charge >= 0.3 is 0 Å². The molecule has 2 aromatic carbocycles. The van der Waals surface area contributed by atoms with Crippen LogP contribution in [-0.4, -0.2) is 19.8 Å². The SMILES string of the molecule is COC[C@@H](C)[NH2+]Cc1cccc2ccccc12. The second-order valence-corrected chi connectivity index (χ2v) is 4.51. The number of hydrogen-bond acceptors (Lipinski definition) is 1. The molecule has 0 amide bonds. The zero-order chi connectivity index (χ0) is 12.1. The van der Waals surface area contributed by atoms with Crippen LogP contribution in [0.3, 0.4) is 0 Å². The molecule has 0 heterocycles. The Bertz CT molecular complexity index is 476.